The van der Waals surface area contributed by atoms with Crippen LogP contribution < -0.4 is 15.4 Å². The van der Waals surface area contributed by atoms with Crippen molar-refractivity contribution in [2.24, 2.45) is 0 Å². The van der Waals surface area contributed by atoms with Gasteiger partial charge in [0.25, 0.3) is 5.91 Å². The van der Waals surface area contributed by atoms with Crippen LogP contribution in [-0.4, -0.2) is 39.5 Å². The summed E-state index contributed by atoms with van der Waals surface area (Å²) in [4.78, 5) is 12.6. The molecule has 0 spiro atoms. The predicted molar refractivity (Wildman–Crippen MR) is 95.1 cm³/mol. The smallest absolute Gasteiger partial charge is 0.251 e. The summed E-state index contributed by atoms with van der Waals surface area (Å²) in [6.07, 6.45) is 3.74. The van der Waals surface area contributed by atoms with E-state index < -0.39 is 10.0 Å². The molecule has 8 heteroatoms. The number of carbonyl (C=O) groups is 1. The first-order valence-electron chi connectivity index (χ1n) is 8.10. The maximum Gasteiger partial charge on any atom is 0.251 e. The first kappa shape index (κ1) is 19.2. The van der Waals surface area contributed by atoms with Gasteiger partial charge in [0.15, 0.2) is 0 Å². The minimum absolute atomic E-state index is 0. The number of halogens is 1. The van der Waals surface area contributed by atoms with E-state index in [9.17, 15) is 13.2 Å². The van der Waals surface area contributed by atoms with Crippen molar-refractivity contribution in [1.82, 2.24) is 15.4 Å². The Balaban J connectivity index is 0.00000208. The van der Waals surface area contributed by atoms with Crippen LogP contribution in [0.25, 0.3) is 0 Å². The summed E-state index contributed by atoms with van der Waals surface area (Å²) in [6.45, 7) is 3.55. The lowest BCUT2D eigenvalue weighted by molar-refractivity contribution is 0.0930. The Morgan fingerprint density at radius 3 is 2.58 bits per heavy atom. The Morgan fingerprint density at radius 2 is 1.96 bits per heavy atom. The van der Waals surface area contributed by atoms with Gasteiger partial charge in [-0.25, -0.2) is 13.1 Å². The van der Waals surface area contributed by atoms with E-state index in [2.05, 4.69) is 15.4 Å². The lowest BCUT2D eigenvalue weighted by atomic mass is 10.1. The highest BCUT2D eigenvalue weighted by molar-refractivity contribution is 7.89. The van der Waals surface area contributed by atoms with Crippen molar-refractivity contribution >= 4 is 28.3 Å². The van der Waals surface area contributed by atoms with Crippen molar-refractivity contribution in [3.8, 4) is 0 Å². The van der Waals surface area contributed by atoms with Gasteiger partial charge in [0.05, 0.1) is 4.90 Å². The molecule has 1 aliphatic heterocycles. The number of sulfonamides is 1. The molecule has 134 valence electrons. The van der Waals surface area contributed by atoms with E-state index in [-0.39, 0.29) is 35.3 Å². The van der Waals surface area contributed by atoms with Crippen molar-refractivity contribution in [3.05, 3.63) is 29.3 Å². The summed E-state index contributed by atoms with van der Waals surface area (Å²) in [5.41, 5.74) is 1.20. The van der Waals surface area contributed by atoms with Crippen molar-refractivity contribution in [2.45, 2.75) is 49.6 Å². The van der Waals surface area contributed by atoms with Gasteiger partial charge in [-0.3, -0.25) is 4.79 Å². The monoisotopic (exact) mass is 373 g/mol. The van der Waals surface area contributed by atoms with Crippen LogP contribution in [0.1, 0.15) is 41.6 Å². The third-order valence-electron chi connectivity index (χ3n) is 4.30. The quantitative estimate of drug-likeness (QED) is 0.726. The lowest BCUT2D eigenvalue weighted by Crippen LogP contribution is -2.45. The van der Waals surface area contributed by atoms with Gasteiger partial charge in [0, 0.05) is 24.2 Å². The topological polar surface area (TPSA) is 87.3 Å². The highest BCUT2D eigenvalue weighted by Gasteiger charge is 2.28. The Kier molecular flexibility index (Phi) is 6.25. The molecule has 1 heterocycles. The average molecular weight is 374 g/mol. The molecule has 0 aromatic heterocycles. The van der Waals surface area contributed by atoms with Crippen LogP contribution in [0.4, 0.5) is 0 Å². The second kappa shape index (κ2) is 7.82. The largest absolute Gasteiger partial charge is 0.348 e. The summed E-state index contributed by atoms with van der Waals surface area (Å²) < 4.78 is 27.3. The van der Waals surface area contributed by atoms with Crippen LogP contribution in [0.5, 0.6) is 0 Å². The Morgan fingerprint density at radius 1 is 1.21 bits per heavy atom. The second-order valence-corrected chi connectivity index (χ2v) is 8.10. The summed E-state index contributed by atoms with van der Waals surface area (Å²) in [5, 5.41) is 6.24. The SMILES string of the molecule is Cc1ccc(S(=O)(=O)NC2CC2)cc1C(=O)N[C@H]1CCCNC1.Cl. The second-order valence-electron chi connectivity index (χ2n) is 6.39. The number of benzene rings is 1. The molecule has 1 aromatic rings. The summed E-state index contributed by atoms with van der Waals surface area (Å²) in [6, 6.07) is 4.87. The fourth-order valence-electron chi connectivity index (χ4n) is 2.74. The Bertz CT molecular complexity index is 699. The highest BCUT2D eigenvalue weighted by atomic mass is 35.5. The molecule has 1 saturated carbocycles. The highest BCUT2D eigenvalue weighted by Crippen LogP contribution is 2.23. The van der Waals surface area contributed by atoms with Gasteiger partial charge in [-0.15, -0.1) is 12.4 Å². The number of hydrogen-bond acceptors (Lipinski definition) is 4. The minimum Gasteiger partial charge on any atom is -0.348 e. The molecule has 1 aliphatic carbocycles. The molecule has 3 rings (SSSR count). The van der Waals surface area contributed by atoms with Crippen molar-refractivity contribution in [2.75, 3.05) is 13.1 Å². The van der Waals surface area contributed by atoms with E-state index >= 15 is 0 Å². The van der Waals surface area contributed by atoms with E-state index in [1.165, 1.54) is 6.07 Å². The summed E-state index contributed by atoms with van der Waals surface area (Å²) >= 11 is 0. The number of amides is 1. The van der Waals surface area contributed by atoms with Crippen LogP contribution in [0.3, 0.4) is 0 Å². The molecule has 1 amide bonds. The molecule has 0 unspecified atom stereocenters. The molecule has 6 nitrogen and oxygen atoms in total. The number of carbonyl (C=O) groups excluding carboxylic acids is 1. The molecule has 1 atom stereocenters. The Labute approximate surface area is 149 Å². The normalized spacial score (nSPS) is 21.0. The molecule has 3 N–H and O–H groups in total. The number of nitrogens with one attached hydrogen (secondary N) is 3. The molecule has 1 aromatic carbocycles. The molecule has 2 fully saturated rings. The van der Waals surface area contributed by atoms with Gasteiger partial charge in [0.1, 0.15) is 0 Å². The third kappa shape index (κ3) is 4.69. The number of rotatable bonds is 5. The summed E-state index contributed by atoms with van der Waals surface area (Å²) in [5.74, 6) is -0.209. The Hall–Kier alpha value is -1.15. The van der Waals surface area contributed by atoms with E-state index in [1.807, 2.05) is 6.92 Å². The fraction of sp³-hybridized carbons (Fsp3) is 0.562. The zero-order valence-electron chi connectivity index (χ0n) is 13.7. The molecule has 0 bridgehead atoms. The molecule has 2 aliphatic rings. The molecular formula is C16H24ClN3O3S. The number of hydrogen-bond donors (Lipinski definition) is 3. The fourth-order valence-corrected chi connectivity index (χ4v) is 4.07. The van der Waals surface area contributed by atoms with Gasteiger partial charge in [-0.05, 0) is 56.8 Å². The van der Waals surface area contributed by atoms with Crippen LogP contribution in [-0.2, 0) is 10.0 Å². The van der Waals surface area contributed by atoms with Crippen molar-refractivity contribution in [3.63, 3.8) is 0 Å². The van der Waals surface area contributed by atoms with Crippen molar-refractivity contribution in [1.29, 1.82) is 0 Å². The third-order valence-corrected chi connectivity index (χ3v) is 5.81. The van der Waals surface area contributed by atoms with Gasteiger partial charge >= 0.3 is 0 Å². The zero-order chi connectivity index (χ0) is 16.4. The number of piperidine rings is 1. The molecule has 1 saturated heterocycles. The first-order valence-corrected chi connectivity index (χ1v) is 9.58. The maximum atomic E-state index is 12.5. The molecular weight excluding hydrogens is 350 g/mol. The molecule has 0 radical (unpaired) electrons. The molecule has 24 heavy (non-hydrogen) atoms. The van der Waals surface area contributed by atoms with E-state index in [0.29, 0.717) is 5.56 Å². The predicted octanol–water partition coefficient (Wildman–Crippen LogP) is 1.34. The standard InChI is InChI=1S/C16H23N3O3S.ClH/c1-11-4-7-14(23(21,22)19-12-5-6-12)9-15(11)16(20)18-13-3-2-8-17-10-13;/h4,7,9,12-13,17,19H,2-3,5-6,8,10H2,1H3,(H,18,20);1H/t13-;/m0./s1. The van der Waals surface area contributed by atoms with Gasteiger partial charge in [-0.1, -0.05) is 6.07 Å². The van der Waals surface area contributed by atoms with E-state index in [0.717, 1.165) is 44.3 Å². The average Bonchev–Trinajstić information content (AvgIpc) is 3.31. The maximum absolute atomic E-state index is 12.5. The minimum atomic E-state index is -3.55. The van der Waals surface area contributed by atoms with Crippen molar-refractivity contribution < 1.29 is 13.2 Å². The number of aryl methyl sites for hydroxylation is 1. The van der Waals surface area contributed by atoms with Crippen LogP contribution in [0.15, 0.2) is 23.1 Å². The van der Waals surface area contributed by atoms with E-state index in [4.69, 9.17) is 0 Å². The van der Waals surface area contributed by atoms with E-state index in [1.54, 1.807) is 12.1 Å². The summed E-state index contributed by atoms with van der Waals surface area (Å²) in [7, 11) is -3.55. The van der Waals surface area contributed by atoms with Crippen LogP contribution >= 0.6 is 12.4 Å². The van der Waals surface area contributed by atoms with Gasteiger partial charge in [-0.2, -0.15) is 0 Å². The van der Waals surface area contributed by atoms with Crippen LogP contribution in [0.2, 0.25) is 0 Å². The first-order chi connectivity index (χ1) is 11.0. The van der Waals surface area contributed by atoms with Crippen LogP contribution in [0, 0.1) is 6.92 Å². The van der Waals surface area contributed by atoms with Gasteiger partial charge in [0.2, 0.25) is 10.0 Å². The zero-order valence-corrected chi connectivity index (χ0v) is 15.3. The lowest BCUT2D eigenvalue weighted by Gasteiger charge is -2.24. The van der Waals surface area contributed by atoms with Gasteiger partial charge < -0.3 is 10.6 Å².